The van der Waals surface area contributed by atoms with Gasteiger partial charge in [-0.2, -0.15) is 15.2 Å². The topological polar surface area (TPSA) is 128 Å². The van der Waals surface area contributed by atoms with E-state index in [1.807, 2.05) is 60.7 Å². The summed E-state index contributed by atoms with van der Waals surface area (Å²) in [6, 6.07) is 23.7. The van der Waals surface area contributed by atoms with Crippen molar-refractivity contribution < 1.29 is 23.8 Å². The Balaban J connectivity index is 1.08. The molecule has 4 aliphatic rings. The number of methoxy groups -OCH3 is 1. The standard InChI is InChI=1S/C42H48N8O5/c1-46-18-21-49(22-19-46)42(14-15-42)29-55-40-44-36-27-47(37-25-32(39(51)53-2)24-31-10-6-7-11-34(31)37)17-13-35(36)38(45-40)48-20-23-50(33(26-48)12-16-43)41(52)54-28-30-8-4-3-5-9-30/h3-11,24-25,33H,12-15,17-23,26-29H2,1-2H3/t33-/m0/s1. The minimum atomic E-state index is -0.423. The zero-order valence-corrected chi connectivity index (χ0v) is 31.7. The van der Waals surface area contributed by atoms with Crippen LogP contribution in [0.15, 0.2) is 66.7 Å². The van der Waals surface area contributed by atoms with Crippen LogP contribution in [0.5, 0.6) is 6.01 Å². The lowest BCUT2D eigenvalue weighted by Gasteiger charge is -2.42. The molecule has 2 saturated heterocycles. The van der Waals surface area contributed by atoms with Gasteiger partial charge in [0.05, 0.1) is 49.0 Å². The molecule has 8 rings (SSSR count). The second-order valence-electron chi connectivity index (χ2n) is 15.1. The maximum absolute atomic E-state index is 13.4. The first-order chi connectivity index (χ1) is 26.8. The van der Waals surface area contributed by atoms with E-state index in [2.05, 4.69) is 38.8 Å². The van der Waals surface area contributed by atoms with Gasteiger partial charge in [0.15, 0.2) is 0 Å². The van der Waals surface area contributed by atoms with E-state index in [-0.39, 0.29) is 30.6 Å². The van der Waals surface area contributed by atoms with Crippen LogP contribution in [0.2, 0.25) is 0 Å². The molecular formula is C42H48N8O5. The highest BCUT2D eigenvalue weighted by Crippen LogP contribution is 2.43. The lowest BCUT2D eigenvalue weighted by atomic mass is 9.99. The number of piperazine rings is 2. The van der Waals surface area contributed by atoms with Gasteiger partial charge in [-0.25, -0.2) is 9.59 Å². The minimum absolute atomic E-state index is 0.00356. The van der Waals surface area contributed by atoms with Crippen LogP contribution in [0.1, 0.15) is 46.4 Å². The molecule has 4 heterocycles. The molecule has 286 valence electrons. The Hall–Kier alpha value is -5.45. The first-order valence-electron chi connectivity index (χ1n) is 19.3. The molecule has 0 radical (unpaired) electrons. The highest BCUT2D eigenvalue weighted by molar-refractivity contribution is 6.02. The van der Waals surface area contributed by atoms with Crippen LogP contribution in [-0.2, 0) is 29.0 Å². The highest BCUT2D eigenvalue weighted by Gasteiger charge is 2.49. The molecule has 0 spiro atoms. The Kier molecular flexibility index (Phi) is 10.4. The fourth-order valence-corrected chi connectivity index (χ4v) is 8.25. The zero-order chi connectivity index (χ0) is 37.9. The van der Waals surface area contributed by atoms with Crippen molar-refractivity contribution in [1.29, 1.82) is 5.26 Å². The van der Waals surface area contributed by atoms with Gasteiger partial charge in [0.1, 0.15) is 19.0 Å². The fraction of sp³-hybridized carbons (Fsp3) is 0.452. The van der Waals surface area contributed by atoms with Gasteiger partial charge in [-0.1, -0.05) is 54.6 Å². The molecule has 13 nitrogen and oxygen atoms in total. The van der Waals surface area contributed by atoms with Crippen LogP contribution in [0.3, 0.4) is 0 Å². The maximum atomic E-state index is 13.4. The number of anilines is 2. The molecule has 0 N–H and O–H groups in total. The molecule has 13 heteroatoms. The third-order valence-electron chi connectivity index (χ3n) is 11.6. The summed E-state index contributed by atoms with van der Waals surface area (Å²) in [5.74, 6) is 0.409. The van der Waals surface area contributed by atoms with Crippen molar-refractivity contribution in [1.82, 2.24) is 24.7 Å². The number of likely N-dealkylation sites (N-methyl/N-ethyl adjacent to an activating group) is 1. The number of amides is 1. The summed E-state index contributed by atoms with van der Waals surface area (Å²) < 4.78 is 17.4. The number of nitriles is 1. The van der Waals surface area contributed by atoms with E-state index in [9.17, 15) is 14.9 Å². The molecule has 1 saturated carbocycles. The molecule has 1 aliphatic carbocycles. The Morgan fingerprint density at radius 2 is 1.71 bits per heavy atom. The van der Waals surface area contributed by atoms with Gasteiger partial charge in [-0.3, -0.25) is 4.90 Å². The van der Waals surface area contributed by atoms with Gasteiger partial charge in [0.2, 0.25) is 0 Å². The molecule has 0 bridgehead atoms. The summed E-state index contributed by atoms with van der Waals surface area (Å²) in [5.41, 5.74) is 4.25. The average Bonchev–Trinajstić information content (AvgIpc) is 4.02. The van der Waals surface area contributed by atoms with Crippen molar-refractivity contribution in [3.05, 3.63) is 89.1 Å². The van der Waals surface area contributed by atoms with Gasteiger partial charge in [-0.05, 0) is 49.4 Å². The molecule has 3 fully saturated rings. The summed E-state index contributed by atoms with van der Waals surface area (Å²) in [6.45, 7) is 7.31. The Labute approximate surface area is 322 Å². The summed E-state index contributed by atoms with van der Waals surface area (Å²) >= 11 is 0. The summed E-state index contributed by atoms with van der Waals surface area (Å²) in [4.78, 5) is 47.4. The van der Waals surface area contributed by atoms with Gasteiger partial charge in [0.25, 0.3) is 0 Å². The largest absolute Gasteiger partial charge is 0.465 e. The number of carbonyl (C=O) groups is 2. The van der Waals surface area contributed by atoms with E-state index in [0.717, 1.165) is 78.1 Å². The van der Waals surface area contributed by atoms with E-state index in [1.54, 1.807) is 4.90 Å². The van der Waals surface area contributed by atoms with E-state index in [0.29, 0.717) is 57.3 Å². The van der Waals surface area contributed by atoms with Crippen LogP contribution in [0.4, 0.5) is 16.3 Å². The molecule has 55 heavy (non-hydrogen) atoms. The molecule has 3 aliphatic heterocycles. The third-order valence-corrected chi connectivity index (χ3v) is 11.6. The van der Waals surface area contributed by atoms with Crippen LogP contribution < -0.4 is 14.5 Å². The normalized spacial score (nSPS) is 19.7. The van der Waals surface area contributed by atoms with Crippen molar-refractivity contribution in [2.45, 2.75) is 50.4 Å². The molecular weight excluding hydrogens is 697 g/mol. The predicted molar refractivity (Wildman–Crippen MR) is 208 cm³/mol. The number of hydrogen-bond acceptors (Lipinski definition) is 12. The van der Waals surface area contributed by atoms with Gasteiger partial charge in [0, 0.05) is 69.0 Å². The second kappa shape index (κ2) is 15.7. The molecule has 0 unspecified atom stereocenters. The summed E-state index contributed by atoms with van der Waals surface area (Å²) in [5, 5.41) is 11.8. The Morgan fingerprint density at radius 3 is 2.47 bits per heavy atom. The predicted octanol–water partition coefficient (Wildman–Crippen LogP) is 4.88. The highest BCUT2D eigenvalue weighted by atomic mass is 16.6. The van der Waals surface area contributed by atoms with Crippen LogP contribution in [0, 0.1) is 11.3 Å². The van der Waals surface area contributed by atoms with E-state index in [4.69, 9.17) is 24.2 Å². The molecule has 3 aromatic carbocycles. The number of nitrogens with zero attached hydrogens (tertiary/aromatic N) is 8. The Morgan fingerprint density at radius 1 is 0.927 bits per heavy atom. The number of ether oxygens (including phenoxy) is 3. The monoisotopic (exact) mass is 744 g/mol. The van der Waals surface area contributed by atoms with Crippen molar-refractivity contribution >= 4 is 34.3 Å². The van der Waals surface area contributed by atoms with Crippen LogP contribution in [-0.4, -0.2) is 121 Å². The SMILES string of the molecule is COC(=O)c1cc(N2CCc3c(nc(OCC4(N5CCN(C)CC5)CC4)nc3N3CCN(C(=O)OCc4ccccc4)[C@@H](CC#N)C3)C2)c2ccccc2c1. The molecule has 1 atom stereocenters. The lowest BCUT2D eigenvalue weighted by molar-refractivity contribution is 0.0600. The first kappa shape index (κ1) is 36.5. The lowest BCUT2D eigenvalue weighted by Crippen LogP contribution is -2.56. The number of benzene rings is 3. The van der Waals surface area contributed by atoms with E-state index in [1.165, 1.54) is 7.11 Å². The number of aromatic nitrogens is 2. The molecule has 4 aromatic rings. The van der Waals surface area contributed by atoms with E-state index < -0.39 is 6.09 Å². The summed E-state index contributed by atoms with van der Waals surface area (Å²) in [7, 11) is 3.57. The maximum Gasteiger partial charge on any atom is 0.410 e. The third kappa shape index (κ3) is 7.74. The van der Waals surface area contributed by atoms with Crippen LogP contribution in [0.25, 0.3) is 10.8 Å². The number of fused-ring (bicyclic) bond motifs is 2. The molecule has 1 aromatic heterocycles. The quantitative estimate of drug-likeness (QED) is 0.206. The van der Waals surface area contributed by atoms with Gasteiger partial charge in [-0.15, -0.1) is 0 Å². The van der Waals surface area contributed by atoms with Crippen LogP contribution >= 0.6 is 0 Å². The number of rotatable bonds is 10. The number of carbonyl (C=O) groups excluding carboxylic acids is 2. The van der Waals surface area contributed by atoms with E-state index >= 15 is 0 Å². The number of esters is 1. The molecule has 1 amide bonds. The fourth-order valence-electron chi connectivity index (χ4n) is 8.25. The van der Waals surface area contributed by atoms with Crippen molar-refractivity contribution in [2.75, 3.05) is 82.9 Å². The number of hydrogen-bond donors (Lipinski definition) is 0. The second-order valence-corrected chi connectivity index (χ2v) is 15.1. The van der Waals surface area contributed by atoms with Gasteiger partial charge >= 0.3 is 18.1 Å². The van der Waals surface area contributed by atoms with Crippen molar-refractivity contribution in [2.24, 2.45) is 0 Å². The van der Waals surface area contributed by atoms with Gasteiger partial charge < -0.3 is 33.8 Å². The Bertz CT molecular complexity index is 2080. The minimum Gasteiger partial charge on any atom is -0.465 e. The summed E-state index contributed by atoms with van der Waals surface area (Å²) in [6.07, 6.45) is 2.58. The first-order valence-corrected chi connectivity index (χ1v) is 19.3. The average molecular weight is 745 g/mol. The zero-order valence-electron chi connectivity index (χ0n) is 31.7. The smallest absolute Gasteiger partial charge is 0.410 e. The van der Waals surface area contributed by atoms with Crippen molar-refractivity contribution in [3.8, 4) is 12.1 Å². The van der Waals surface area contributed by atoms with Crippen molar-refractivity contribution in [3.63, 3.8) is 0 Å².